The Labute approximate surface area is 169 Å². The van der Waals surface area contributed by atoms with E-state index in [-0.39, 0.29) is 18.1 Å². The average Bonchev–Trinajstić information content (AvgIpc) is 2.74. The monoisotopic (exact) mass is 388 g/mol. The molecule has 3 rings (SSSR count). The molecule has 6 nitrogen and oxygen atoms in total. The van der Waals surface area contributed by atoms with Gasteiger partial charge in [0.25, 0.3) is 0 Å². The number of hydrogen-bond donors (Lipinski definition) is 1. The predicted molar refractivity (Wildman–Crippen MR) is 107 cm³/mol. The third kappa shape index (κ3) is 4.71. The van der Waals surface area contributed by atoms with Crippen molar-refractivity contribution in [2.45, 2.75) is 26.9 Å². The Morgan fingerprint density at radius 2 is 2.03 bits per heavy atom. The van der Waals surface area contributed by atoms with Gasteiger partial charge in [0.15, 0.2) is 5.78 Å². The van der Waals surface area contributed by atoms with Crippen molar-refractivity contribution < 1.29 is 19.4 Å². The van der Waals surface area contributed by atoms with Crippen molar-refractivity contribution in [3.05, 3.63) is 77.0 Å². The number of carbonyl (C=O) groups excluding carboxylic acids is 1. The summed E-state index contributed by atoms with van der Waals surface area (Å²) in [5, 5.41) is 19.2. The van der Waals surface area contributed by atoms with E-state index in [0.717, 1.165) is 5.56 Å². The number of benzene rings is 2. The molecule has 0 bridgehead atoms. The molecule has 6 heteroatoms. The van der Waals surface area contributed by atoms with Crippen LogP contribution in [0.2, 0.25) is 0 Å². The maximum atomic E-state index is 11.9. The largest absolute Gasteiger partial charge is 0.507 e. The van der Waals surface area contributed by atoms with Crippen LogP contribution >= 0.6 is 0 Å². The van der Waals surface area contributed by atoms with Crippen LogP contribution in [0.3, 0.4) is 0 Å². The molecule has 0 saturated heterocycles. The van der Waals surface area contributed by atoms with Crippen LogP contribution in [0.1, 0.15) is 40.4 Å². The third-order valence-electron chi connectivity index (χ3n) is 4.38. The smallest absolute Gasteiger partial charge is 0.220 e. The molecule has 3 aromatic rings. The summed E-state index contributed by atoms with van der Waals surface area (Å²) in [4.78, 5) is 16.0. The zero-order chi connectivity index (χ0) is 20.8. The number of aromatic hydroxyl groups is 1. The summed E-state index contributed by atoms with van der Waals surface area (Å²) in [5.74, 6) is 1.24. The van der Waals surface area contributed by atoms with Gasteiger partial charge < -0.3 is 14.6 Å². The van der Waals surface area contributed by atoms with E-state index in [1.807, 2.05) is 24.3 Å². The highest BCUT2D eigenvalue weighted by molar-refractivity contribution is 5.99. The summed E-state index contributed by atoms with van der Waals surface area (Å²) in [5.41, 5.74) is 2.15. The van der Waals surface area contributed by atoms with Crippen molar-refractivity contribution in [2.24, 2.45) is 0 Å². The molecule has 0 aliphatic heterocycles. The van der Waals surface area contributed by atoms with E-state index in [0.29, 0.717) is 40.5 Å². The molecule has 1 heterocycles. The minimum Gasteiger partial charge on any atom is -0.507 e. The summed E-state index contributed by atoms with van der Waals surface area (Å²) >= 11 is 0. The summed E-state index contributed by atoms with van der Waals surface area (Å²) < 4.78 is 11.5. The van der Waals surface area contributed by atoms with Crippen LogP contribution in [0.15, 0.2) is 54.7 Å². The van der Waals surface area contributed by atoms with Gasteiger partial charge in [-0.05, 0) is 42.8 Å². The lowest BCUT2D eigenvalue weighted by atomic mass is 10.0. The van der Waals surface area contributed by atoms with Crippen molar-refractivity contribution in [1.29, 1.82) is 5.26 Å². The van der Waals surface area contributed by atoms with Crippen LogP contribution < -0.4 is 9.47 Å². The van der Waals surface area contributed by atoms with Crippen LogP contribution in [0, 0.1) is 18.3 Å². The number of pyridine rings is 1. The SMILES string of the molecule is CCC(=O)c1ccc(OCc2cccc(Oc3cc(C#N)ccn3)c2)c(C)c1O. The van der Waals surface area contributed by atoms with Crippen LogP contribution in [-0.4, -0.2) is 15.9 Å². The molecule has 146 valence electrons. The van der Waals surface area contributed by atoms with E-state index in [1.165, 1.54) is 6.20 Å². The zero-order valence-corrected chi connectivity index (χ0v) is 16.2. The fraction of sp³-hybridized carbons (Fsp3) is 0.174. The highest BCUT2D eigenvalue weighted by Crippen LogP contribution is 2.32. The first-order valence-corrected chi connectivity index (χ1v) is 9.13. The lowest BCUT2D eigenvalue weighted by molar-refractivity contribution is 0.0985. The molecule has 0 saturated carbocycles. The second-order valence-electron chi connectivity index (χ2n) is 6.39. The molecule has 0 aliphatic rings. The van der Waals surface area contributed by atoms with Crippen molar-refractivity contribution in [3.8, 4) is 29.2 Å². The number of nitriles is 1. The van der Waals surface area contributed by atoms with Gasteiger partial charge >= 0.3 is 0 Å². The fourth-order valence-corrected chi connectivity index (χ4v) is 2.77. The van der Waals surface area contributed by atoms with Crippen molar-refractivity contribution in [3.63, 3.8) is 0 Å². The van der Waals surface area contributed by atoms with Gasteiger partial charge in [-0.15, -0.1) is 0 Å². The molecule has 0 radical (unpaired) electrons. The topological polar surface area (TPSA) is 92.4 Å². The molecule has 0 aliphatic carbocycles. The van der Waals surface area contributed by atoms with Gasteiger partial charge in [0.2, 0.25) is 5.88 Å². The fourth-order valence-electron chi connectivity index (χ4n) is 2.77. The number of ether oxygens (including phenoxy) is 2. The maximum Gasteiger partial charge on any atom is 0.220 e. The first-order chi connectivity index (χ1) is 14.0. The quantitative estimate of drug-likeness (QED) is 0.577. The van der Waals surface area contributed by atoms with Crippen LogP contribution in [0.5, 0.6) is 23.1 Å². The van der Waals surface area contributed by atoms with E-state index < -0.39 is 0 Å². The Morgan fingerprint density at radius 3 is 2.79 bits per heavy atom. The second-order valence-corrected chi connectivity index (χ2v) is 6.39. The maximum absolute atomic E-state index is 11.9. The van der Waals surface area contributed by atoms with Gasteiger partial charge in [-0.1, -0.05) is 19.1 Å². The van der Waals surface area contributed by atoms with Gasteiger partial charge in [-0.3, -0.25) is 4.79 Å². The number of aromatic nitrogens is 1. The predicted octanol–water partition coefficient (Wildman–Crippen LogP) is 4.93. The Kier molecular flexibility index (Phi) is 6.10. The summed E-state index contributed by atoms with van der Waals surface area (Å²) in [6.07, 6.45) is 1.84. The molecule has 2 aromatic carbocycles. The number of nitrogens with zero attached hydrogens (tertiary/aromatic N) is 2. The molecule has 0 spiro atoms. The average molecular weight is 388 g/mol. The molecule has 0 atom stereocenters. The summed E-state index contributed by atoms with van der Waals surface area (Å²) in [6, 6.07) is 15.8. The Morgan fingerprint density at radius 1 is 1.21 bits per heavy atom. The summed E-state index contributed by atoms with van der Waals surface area (Å²) in [7, 11) is 0. The number of phenols is 1. The summed E-state index contributed by atoms with van der Waals surface area (Å²) in [6.45, 7) is 3.72. The number of rotatable bonds is 7. The van der Waals surface area contributed by atoms with E-state index in [2.05, 4.69) is 4.98 Å². The van der Waals surface area contributed by atoms with Crippen LogP contribution in [-0.2, 0) is 6.61 Å². The molecular weight excluding hydrogens is 368 g/mol. The Hall–Kier alpha value is -3.85. The highest BCUT2D eigenvalue weighted by atomic mass is 16.5. The van der Waals surface area contributed by atoms with Crippen molar-refractivity contribution >= 4 is 5.78 Å². The van der Waals surface area contributed by atoms with Gasteiger partial charge in [-0.25, -0.2) is 4.98 Å². The highest BCUT2D eigenvalue weighted by Gasteiger charge is 2.15. The van der Waals surface area contributed by atoms with Gasteiger partial charge in [0.1, 0.15) is 23.9 Å². The Bertz CT molecular complexity index is 1090. The van der Waals surface area contributed by atoms with Gasteiger partial charge in [0, 0.05) is 24.2 Å². The van der Waals surface area contributed by atoms with E-state index in [4.69, 9.17) is 14.7 Å². The first-order valence-electron chi connectivity index (χ1n) is 9.13. The second kappa shape index (κ2) is 8.89. The van der Waals surface area contributed by atoms with E-state index >= 15 is 0 Å². The molecule has 0 amide bonds. The van der Waals surface area contributed by atoms with E-state index in [1.54, 1.807) is 44.2 Å². The van der Waals surface area contributed by atoms with Crippen LogP contribution in [0.4, 0.5) is 0 Å². The molecule has 0 fully saturated rings. The minimum atomic E-state index is -0.115. The number of phenolic OH excluding ortho intramolecular Hbond substituents is 1. The van der Waals surface area contributed by atoms with Gasteiger partial charge in [0.05, 0.1) is 17.2 Å². The van der Waals surface area contributed by atoms with Crippen molar-refractivity contribution in [1.82, 2.24) is 4.98 Å². The molecule has 1 aromatic heterocycles. The number of carbonyl (C=O) groups is 1. The number of hydrogen-bond acceptors (Lipinski definition) is 6. The first kappa shape index (κ1) is 19.9. The molecular formula is C23H20N2O4. The number of Topliss-reactive ketones (excluding diaryl/α,β-unsaturated/α-hetero) is 1. The molecule has 29 heavy (non-hydrogen) atoms. The Balaban J connectivity index is 1.72. The van der Waals surface area contributed by atoms with E-state index in [9.17, 15) is 9.90 Å². The minimum absolute atomic E-state index is 0.0464. The third-order valence-corrected chi connectivity index (χ3v) is 4.38. The number of ketones is 1. The van der Waals surface area contributed by atoms with Crippen LogP contribution in [0.25, 0.3) is 0 Å². The normalized spacial score (nSPS) is 10.2. The van der Waals surface area contributed by atoms with Crippen molar-refractivity contribution in [2.75, 3.05) is 0 Å². The zero-order valence-electron chi connectivity index (χ0n) is 16.2. The standard InChI is InChI=1S/C23H20N2O4/c1-3-20(26)19-7-8-21(15(2)23(19)27)28-14-17-5-4-6-18(11-17)29-22-12-16(13-24)9-10-25-22/h4-12,27H,3,14H2,1-2H3. The molecule has 0 unspecified atom stereocenters. The lowest BCUT2D eigenvalue weighted by Crippen LogP contribution is -2.02. The molecule has 1 N–H and O–H groups in total. The lowest BCUT2D eigenvalue weighted by Gasteiger charge is -2.13. The van der Waals surface area contributed by atoms with Gasteiger partial charge in [-0.2, -0.15) is 5.26 Å².